The first kappa shape index (κ1) is 34.0. The van der Waals surface area contributed by atoms with Crippen molar-refractivity contribution in [1.29, 1.82) is 0 Å². The fourth-order valence-electron chi connectivity index (χ4n) is 5.66. The highest BCUT2D eigenvalue weighted by atomic mass is 35.5. The number of nitrogens with zero attached hydrogens (tertiary/aromatic N) is 1. The molecule has 0 unspecified atom stereocenters. The van der Waals surface area contributed by atoms with Crippen molar-refractivity contribution in [2.24, 2.45) is 0 Å². The summed E-state index contributed by atoms with van der Waals surface area (Å²) in [6, 6.07) is 7.29. The van der Waals surface area contributed by atoms with Crippen molar-refractivity contribution in [3.05, 3.63) is 76.0 Å². The highest BCUT2D eigenvalue weighted by Crippen LogP contribution is 2.44. The van der Waals surface area contributed by atoms with Crippen molar-refractivity contribution in [3.8, 4) is 34.3 Å². The number of hydrogen-bond acceptors (Lipinski definition) is 4. The van der Waals surface area contributed by atoms with Gasteiger partial charge in [-0.25, -0.2) is 17.6 Å². The van der Waals surface area contributed by atoms with E-state index >= 15 is 0 Å². The monoisotopic (exact) mass is 659 g/mol. The van der Waals surface area contributed by atoms with Gasteiger partial charge in [-0.3, -0.25) is 0 Å². The van der Waals surface area contributed by atoms with Crippen molar-refractivity contribution in [2.45, 2.75) is 52.9 Å². The number of pyridine rings is 1. The molecule has 0 atom stereocenters. The van der Waals surface area contributed by atoms with Gasteiger partial charge in [-0.2, -0.15) is 17.7 Å². The van der Waals surface area contributed by atoms with Crippen molar-refractivity contribution >= 4 is 10.8 Å². The SMILES string of the molecule is CCOc1cc2c(cc1OCC)-c1c(CC)c3ccc(OC)c(OCc4c(F)c(F)c(C(F)(F)F)c(F)c4F)c3c[n+]1CC2.[Cl-]. The van der Waals surface area contributed by atoms with E-state index in [2.05, 4.69) is 0 Å². The quantitative estimate of drug-likeness (QED) is 0.146. The Balaban J connectivity index is 0.00000461. The van der Waals surface area contributed by atoms with Crippen LogP contribution >= 0.6 is 0 Å². The van der Waals surface area contributed by atoms with Crippen LogP contribution < -0.4 is 35.9 Å². The summed E-state index contributed by atoms with van der Waals surface area (Å²) < 4.78 is 122. The topological polar surface area (TPSA) is 40.8 Å². The summed E-state index contributed by atoms with van der Waals surface area (Å²) in [7, 11) is 1.33. The van der Waals surface area contributed by atoms with Gasteiger partial charge in [0.25, 0.3) is 0 Å². The number of methoxy groups -OCH3 is 1. The second-order valence-corrected chi connectivity index (χ2v) is 10.0. The molecule has 0 radical (unpaired) electrons. The fourth-order valence-corrected chi connectivity index (χ4v) is 5.66. The van der Waals surface area contributed by atoms with E-state index in [-0.39, 0.29) is 23.9 Å². The van der Waals surface area contributed by atoms with Crippen LogP contribution in [0.2, 0.25) is 0 Å². The van der Waals surface area contributed by atoms with E-state index in [0.29, 0.717) is 54.9 Å². The normalized spacial score (nSPS) is 12.3. The second kappa shape index (κ2) is 13.2. The molecule has 0 amide bonds. The molecule has 0 bridgehead atoms. The third-order valence-corrected chi connectivity index (χ3v) is 7.56. The van der Waals surface area contributed by atoms with Crippen LogP contribution in [-0.4, -0.2) is 20.3 Å². The molecule has 1 aliphatic heterocycles. The summed E-state index contributed by atoms with van der Waals surface area (Å²) in [5.74, 6) is -8.08. The number of ether oxygens (including phenoxy) is 4. The zero-order chi connectivity index (χ0) is 31.9. The zero-order valence-corrected chi connectivity index (χ0v) is 25.5. The number of fused-ring (bicyclic) bond motifs is 4. The molecule has 0 N–H and O–H groups in total. The molecule has 5 rings (SSSR count). The van der Waals surface area contributed by atoms with E-state index in [1.54, 1.807) is 18.3 Å². The van der Waals surface area contributed by atoms with Gasteiger partial charge in [0.05, 0.1) is 36.8 Å². The van der Waals surface area contributed by atoms with Crippen LogP contribution in [0.1, 0.15) is 43.0 Å². The Labute approximate surface area is 260 Å². The summed E-state index contributed by atoms with van der Waals surface area (Å²) in [6.45, 7) is 6.09. The Morgan fingerprint density at radius 2 is 1.40 bits per heavy atom. The van der Waals surface area contributed by atoms with E-state index in [4.69, 9.17) is 18.9 Å². The third-order valence-electron chi connectivity index (χ3n) is 7.56. The average Bonchev–Trinajstić information content (AvgIpc) is 2.98. The van der Waals surface area contributed by atoms with Crippen molar-refractivity contribution in [2.75, 3.05) is 20.3 Å². The molecule has 0 saturated heterocycles. The number of halogens is 8. The van der Waals surface area contributed by atoms with Gasteiger partial charge in [-0.15, -0.1) is 0 Å². The molecule has 45 heavy (non-hydrogen) atoms. The maximum atomic E-state index is 14.7. The third kappa shape index (κ3) is 5.92. The molecule has 3 aromatic carbocycles. The van der Waals surface area contributed by atoms with Crippen molar-refractivity contribution in [3.63, 3.8) is 0 Å². The first-order valence-electron chi connectivity index (χ1n) is 14.0. The average molecular weight is 660 g/mol. The van der Waals surface area contributed by atoms with Crippen LogP contribution in [0.3, 0.4) is 0 Å². The smallest absolute Gasteiger partial charge is 0.422 e. The van der Waals surface area contributed by atoms with E-state index < -0.39 is 47.2 Å². The second-order valence-electron chi connectivity index (χ2n) is 10.0. The summed E-state index contributed by atoms with van der Waals surface area (Å²) in [5.41, 5.74) is -0.128. The van der Waals surface area contributed by atoms with E-state index in [0.717, 1.165) is 22.4 Å². The van der Waals surface area contributed by atoms with Crippen LogP contribution in [-0.2, 0) is 32.2 Å². The Hall–Kier alpha value is -3.93. The van der Waals surface area contributed by atoms with Gasteiger partial charge in [0.1, 0.15) is 12.2 Å². The minimum absolute atomic E-state index is 0. The van der Waals surface area contributed by atoms with Crippen LogP contribution in [0.25, 0.3) is 22.0 Å². The molecule has 5 nitrogen and oxygen atoms in total. The molecule has 2 heterocycles. The largest absolute Gasteiger partial charge is 1.00 e. The Morgan fingerprint density at radius 1 is 0.778 bits per heavy atom. The first-order chi connectivity index (χ1) is 21.0. The van der Waals surface area contributed by atoms with Crippen molar-refractivity contribution < 1.29 is 66.7 Å². The van der Waals surface area contributed by atoms with Gasteiger partial charge in [-0.05, 0) is 50.1 Å². The predicted octanol–water partition coefficient (Wildman–Crippen LogP) is 4.88. The summed E-state index contributed by atoms with van der Waals surface area (Å²) in [4.78, 5) is 0. The van der Waals surface area contributed by atoms with Gasteiger partial charge >= 0.3 is 6.18 Å². The lowest BCUT2D eigenvalue weighted by atomic mass is 9.90. The van der Waals surface area contributed by atoms with E-state index in [1.165, 1.54) is 7.11 Å². The molecule has 1 aromatic heterocycles. The van der Waals surface area contributed by atoms with Gasteiger partial charge in [0.2, 0.25) is 5.69 Å². The minimum atomic E-state index is -5.65. The number of benzene rings is 3. The maximum Gasteiger partial charge on any atom is 0.422 e. The minimum Gasteiger partial charge on any atom is -1.00 e. The molecule has 4 aromatic rings. The standard InChI is InChI=1S/C32H29F7NO4.ClH/c1-5-17-18-8-9-22(41-4)31(44-15-21-26(33)28(35)25(32(37,38)39)29(36)27(21)34)20(18)14-40-11-10-16-12-23(42-6-2)24(43-7-3)13-19(16)30(17)40;/h8-9,12-14H,5-7,10-11,15H2,1-4H3;1H/q+1;/p-1. The van der Waals surface area contributed by atoms with Gasteiger partial charge < -0.3 is 31.4 Å². The number of aryl methyl sites for hydroxylation is 3. The molecular formula is C32H29ClF7NO4. The number of alkyl halides is 3. The lowest BCUT2D eigenvalue weighted by Crippen LogP contribution is -3.00. The molecule has 242 valence electrons. The number of hydrogen-bond donors (Lipinski definition) is 0. The number of rotatable bonds is 9. The molecular weight excluding hydrogens is 631 g/mol. The molecule has 0 fully saturated rings. The highest BCUT2D eigenvalue weighted by molar-refractivity contribution is 5.95. The Kier molecular flexibility index (Phi) is 9.96. The first-order valence-corrected chi connectivity index (χ1v) is 14.0. The van der Waals surface area contributed by atoms with Gasteiger partial charge in [0, 0.05) is 17.4 Å². The maximum absolute atomic E-state index is 14.7. The van der Waals surface area contributed by atoms with Crippen LogP contribution in [0, 0.1) is 23.3 Å². The molecule has 1 aliphatic rings. The van der Waals surface area contributed by atoms with Crippen LogP contribution in [0.15, 0.2) is 30.5 Å². The Morgan fingerprint density at radius 3 is 1.96 bits per heavy atom. The molecule has 0 saturated carbocycles. The van der Waals surface area contributed by atoms with Crippen LogP contribution in [0.4, 0.5) is 30.7 Å². The summed E-state index contributed by atoms with van der Waals surface area (Å²) in [5, 5.41) is 1.18. The lowest BCUT2D eigenvalue weighted by molar-refractivity contribution is -0.686. The predicted molar refractivity (Wildman–Crippen MR) is 147 cm³/mol. The van der Waals surface area contributed by atoms with Gasteiger partial charge in [-0.1, -0.05) is 6.92 Å². The van der Waals surface area contributed by atoms with Gasteiger partial charge in [0.15, 0.2) is 59.0 Å². The number of aromatic nitrogens is 1. The summed E-state index contributed by atoms with van der Waals surface area (Å²) >= 11 is 0. The van der Waals surface area contributed by atoms with Crippen LogP contribution in [0.5, 0.6) is 23.0 Å². The molecule has 0 aliphatic carbocycles. The molecule has 13 heteroatoms. The van der Waals surface area contributed by atoms with E-state index in [9.17, 15) is 30.7 Å². The van der Waals surface area contributed by atoms with Crippen molar-refractivity contribution in [1.82, 2.24) is 0 Å². The summed E-state index contributed by atoms with van der Waals surface area (Å²) in [6.07, 6.45) is -2.65. The highest BCUT2D eigenvalue weighted by Gasteiger charge is 2.42. The Bertz CT molecular complexity index is 1730. The zero-order valence-electron chi connectivity index (χ0n) is 24.7. The molecule has 0 spiro atoms. The lowest BCUT2D eigenvalue weighted by Gasteiger charge is -2.22. The van der Waals surface area contributed by atoms with E-state index in [1.807, 2.05) is 37.5 Å². The fraction of sp³-hybridized carbons (Fsp3) is 0.344.